The maximum absolute atomic E-state index is 13.3. The molecule has 1 aromatic heterocycles. The van der Waals surface area contributed by atoms with E-state index in [9.17, 15) is 9.90 Å². The Hall–Kier alpha value is -1.69. The van der Waals surface area contributed by atoms with Gasteiger partial charge >= 0.3 is 0 Å². The fourth-order valence-electron chi connectivity index (χ4n) is 6.81. The van der Waals surface area contributed by atoms with Crippen molar-refractivity contribution < 1.29 is 9.90 Å². The molecule has 156 valence electrons. The quantitative estimate of drug-likeness (QED) is 0.710. The van der Waals surface area contributed by atoms with Crippen molar-refractivity contribution in [2.45, 2.75) is 94.2 Å². The molecule has 1 aromatic rings. The Morgan fingerprint density at radius 2 is 1.79 bits per heavy atom. The topological polar surface area (TPSA) is 87.1 Å². The summed E-state index contributed by atoms with van der Waals surface area (Å²) >= 11 is 0. The number of rotatable bonds is 5. The molecule has 6 heteroatoms. The Balaban J connectivity index is 1.22. The fraction of sp³-hybridized carbons (Fsp3) is 0.783. The van der Waals surface area contributed by atoms with E-state index in [1.165, 1.54) is 25.7 Å². The van der Waals surface area contributed by atoms with Crippen LogP contribution in [-0.4, -0.2) is 38.7 Å². The SMILES string of the molecule is O=C(NC1C2CC3CC1CC(O)(C3)C2)c1cnc(NC2CCC2)nc1C1CCC1. The van der Waals surface area contributed by atoms with Crippen molar-refractivity contribution in [2.24, 2.45) is 17.8 Å². The third kappa shape index (κ3) is 3.15. The minimum Gasteiger partial charge on any atom is -0.390 e. The van der Waals surface area contributed by atoms with E-state index in [1.54, 1.807) is 6.20 Å². The molecule has 2 unspecified atom stereocenters. The number of carbonyl (C=O) groups is 1. The van der Waals surface area contributed by atoms with Crippen molar-refractivity contribution in [3.63, 3.8) is 0 Å². The van der Waals surface area contributed by atoms with Gasteiger partial charge in [-0.15, -0.1) is 0 Å². The summed E-state index contributed by atoms with van der Waals surface area (Å²) < 4.78 is 0. The van der Waals surface area contributed by atoms with Gasteiger partial charge in [-0.25, -0.2) is 9.97 Å². The van der Waals surface area contributed by atoms with Gasteiger partial charge in [-0.3, -0.25) is 4.79 Å². The van der Waals surface area contributed by atoms with E-state index in [0.29, 0.717) is 41.2 Å². The predicted molar refractivity (Wildman–Crippen MR) is 110 cm³/mol. The van der Waals surface area contributed by atoms with Crippen molar-refractivity contribution in [3.05, 3.63) is 17.5 Å². The maximum atomic E-state index is 13.3. The van der Waals surface area contributed by atoms with Gasteiger partial charge in [0.1, 0.15) is 0 Å². The van der Waals surface area contributed by atoms with E-state index < -0.39 is 5.60 Å². The highest BCUT2D eigenvalue weighted by atomic mass is 16.3. The van der Waals surface area contributed by atoms with E-state index in [4.69, 9.17) is 4.98 Å². The molecule has 7 rings (SSSR count). The zero-order chi connectivity index (χ0) is 19.6. The first kappa shape index (κ1) is 18.1. The minimum absolute atomic E-state index is 0.00782. The van der Waals surface area contributed by atoms with E-state index in [-0.39, 0.29) is 11.9 Å². The van der Waals surface area contributed by atoms with Crippen LogP contribution < -0.4 is 10.6 Å². The van der Waals surface area contributed by atoms with Crippen LogP contribution in [0.25, 0.3) is 0 Å². The summed E-state index contributed by atoms with van der Waals surface area (Å²) in [5, 5.41) is 17.6. The van der Waals surface area contributed by atoms with Gasteiger partial charge in [0.25, 0.3) is 5.91 Å². The number of carbonyl (C=O) groups excluding carboxylic acids is 1. The van der Waals surface area contributed by atoms with Gasteiger partial charge in [0.15, 0.2) is 0 Å². The molecule has 6 saturated carbocycles. The molecule has 1 heterocycles. The van der Waals surface area contributed by atoms with Crippen molar-refractivity contribution in [1.29, 1.82) is 0 Å². The summed E-state index contributed by atoms with van der Waals surface area (Å²) in [6.45, 7) is 0. The fourth-order valence-corrected chi connectivity index (χ4v) is 6.81. The van der Waals surface area contributed by atoms with Gasteiger partial charge in [0.05, 0.1) is 16.9 Å². The lowest BCUT2D eigenvalue weighted by atomic mass is 9.52. The van der Waals surface area contributed by atoms with Gasteiger partial charge in [-0.1, -0.05) is 6.42 Å². The second-order valence-electron chi connectivity index (χ2n) is 10.6. The standard InChI is InChI=1S/C23H32N4O2/c28-21(26-19-15-7-13-8-16(19)11-23(29,9-13)10-15)18-12-24-22(25-17-5-2-6-17)27-20(18)14-3-1-4-14/h12-17,19,29H,1-11H2,(H,26,28)(H,24,25,27). The average molecular weight is 397 g/mol. The molecule has 0 saturated heterocycles. The Morgan fingerprint density at radius 1 is 1.07 bits per heavy atom. The van der Waals surface area contributed by atoms with Crippen LogP contribution in [0.2, 0.25) is 0 Å². The minimum atomic E-state index is -0.466. The van der Waals surface area contributed by atoms with Gasteiger partial charge in [-0.2, -0.15) is 0 Å². The molecular weight excluding hydrogens is 364 g/mol. The number of anilines is 1. The molecule has 6 aliphatic carbocycles. The Morgan fingerprint density at radius 3 is 2.38 bits per heavy atom. The average Bonchev–Trinajstić information content (AvgIpc) is 2.58. The number of aromatic nitrogens is 2. The van der Waals surface area contributed by atoms with E-state index in [2.05, 4.69) is 15.6 Å². The third-order valence-electron chi connectivity index (χ3n) is 8.53. The normalized spacial score (nSPS) is 38.4. The summed E-state index contributed by atoms with van der Waals surface area (Å²) in [5.41, 5.74) is 1.14. The monoisotopic (exact) mass is 396 g/mol. The highest BCUT2D eigenvalue weighted by Crippen LogP contribution is 2.55. The zero-order valence-electron chi connectivity index (χ0n) is 17.1. The van der Waals surface area contributed by atoms with Crippen LogP contribution in [0.3, 0.4) is 0 Å². The first-order valence-corrected chi connectivity index (χ1v) is 11.7. The lowest BCUT2D eigenvalue weighted by Gasteiger charge is -2.58. The van der Waals surface area contributed by atoms with Crippen LogP contribution in [0.4, 0.5) is 5.95 Å². The Kier molecular flexibility index (Phi) is 4.16. The van der Waals surface area contributed by atoms with Gasteiger partial charge in [0, 0.05) is 24.2 Å². The summed E-state index contributed by atoms with van der Waals surface area (Å²) in [5.74, 6) is 2.55. The molecule has 1 amide bonds. The number of amides is 1. The van der Waals surface area contributed by atoms with Crippen molar-refractivity contribution in [1.82, 2.24) is 15.3 Å². The molecule has 6 nitrogen and oxygen atoms in total. The van der Waals surface area contributed by atoms with E-state index in [0.717, 1.165) is 50.6 Å². The number of nitrogens with one attached hydrogen (secondary N) is 2. The zero-order valence-corrected chi connectivity index (χ0v) is 17.1. The largest absolute Gasteiger partial charge is 0.390 e. The summed E-state index contributed by atoms with van der Waals surface area (Å²) in [7, 11) is 0. The van der Waals surface area contributed by atoms with Crippen molar-refractivity contribution in [2.75, 3.05) is 5.32 Å². The molecule has 4 bridgehead atoms. The maximum Gasteiger partial charge on any atom is 0.254 e. The van der Waals surface area contributed by atoms with E-state index in [1.807, 2.05) is 0 Å². The van der Waals surface area contributed by atoms with Gasteiger partial charge < -0.3 is 15.7 Å². The number of aliphatic hydroxyl groups is 1. The number of nitrogens with zero attached hydrogens (tertiary/aromatic N) is 2. The molecule has 6 aliphatic rings. The van der Waals surface area contributed by atoms with Crippen LogP contribution >= 0.6 is 0 Å². The van der Waals surface area contributed by atoms with Crippen LogP contribution in [0.1, 0.15) is 92.6 Å². The summed E-state index contributed by atoms with van der Waals surface area (Å²) in [6, 6.07) is 0.684. The summed E-state index contributed by atoms with van der Waals surface area (Å²) in [6.07, 6.45) is 13.8. The van der Waals surface area contributed by atoms with Crippen LogP contribution in [0, 0.1) is 17.8 Å². The van der Waals surface area contributed by atoms with Crippen molar-refractivity contribution in [3.8, 4) is 0 Å². The Labute approximate surface area is 172 Å². The highest BCUT2D eigenvalue weighted by molar-refractivity contribution is 5.95. The van der Waals surface area contributed by atoms with Crippen molar-refractivity contribution >= 4 is 11.9 Å². The molecule has 2 atom stereocenters. The third-order valence-corrected chi connectivity index (χ3v) is 8.53. The van der Waals surface area contributed by atoms with Gasteiger partial charge in [0.2, 0.25) is 5.95 Å². The predicted octanol–water partition coefficient (Wildman–Crippen LogP) is 3.38. The molecular formula is C23H32N4O2. The molecule has 0 aliphatic heterocycles. The molecule has 3 N–H and O–H groups in total. The first-order chi connectivity index (χ1) is 14.1. The molecule has 0 spiro atoms. The first-order valence-electron chi connectivity index (χ1n) is 11.7. The van der Waals surface area contributed by atoms with Crippen LogP contribution in [-0.2, 0) is 0 Å². The highest BCUT2D eigenvalue weighted by Gasteiger charge is 2.55. The summed E-state index contributed by atoms with van der Waals surface area (Å²) in [4.78, 5) is 22.6. The second kappa shape index (κ2) is 6.66. The lowest BCUT2D eigenvalue weighted by molar-refractivity contribution is -0.136. The van der Waals surface area contributed by atoms with Crippen LogP contribution in [0.15, 0.2) is 6.20 Å². The Bertz CT molecular complexity index is 803. The number of hydrogen-bond acceptors (Lipinski definition) is 5. The lowest BCUT2D eigenvalue weighted by Crippen LogP contribution is -2.61. The molecule has 6 fully saturated rings. The number of hydrogen-bond donors (Lipinski definition) is 3. The second-order valence-corrected chi connectivity index (χ2v) is 10.6. The molecule has 0 aromatic carbocycles. The van der Waals surface area contributed by atoms with Crippen LogP contribution in [0.5, 0.6) is 0 Å². The van der Waals surface area contributed by atoms with E-state index >= 15 is 0 Å². The molecule has 29 heavy (non-hydrogen) atoms. The molecule has 0 radical (unpaired) electrons. The van der Waals surface area contributed by atoms with Gasteiger partial charge in [-0.05, 0) is 82.0 Å². The smallest absolute Gasteiger partial charge is 0.254 e.